The number of fused-ring (bicyclic) bond motifs is 1. The quantitative estimate of drug-likeness (QED) is 0.657. The summed E-state index contributed by atoms with van der Waals surface area (Å²) < 4.78 is 78.9. The summed E-state index contributed by atoms with van der Waals surface area (Å²) in [6.07, 6.45) is -0.612. The Bertz CT molecular complexity index is 1150. The third-order valence-corrected chi connectivity index (χ3v) is 9.16. The van der Waals surface area contributed by atoms with Crippen molar-refractivity contribution in [2.75, 3.05) is 32.6 Å². The molecule has 0 saturated carbocycles. The molecule has 31 heavy (non-hydrogen) atoms. The van der Waals surface area contributed by atoms with E-state index < -0.39 is 38.0 Å². The van der Waals surface area contributed by atoms with Gasteiger partial charge < -0.3 is 9.47 Å². The number of halogens is 1. The summed E-state index contributed by atoms with van der Waals surface area (Å²) in [4.78, 5) is -0.173. The van der Waals surface area contributed by atoms with Crippen LogP contribution in [0.4, 0.5) is 4.39 Å². The lowest BCUT2D eigenvalue weighted by atomic mass is 10.1. The van der Waals surface area contributed by atoms with Crippen LogP contribution in [0.5, 0.6) is 5.75 Å². The van der Waals surface area contributed by atoms with Crippen molar-refractivity contribution in [1.82, 2.24) is 8.61 Å². The summed E-state index contributed by atoms with van der Waals surface area (Å²) in [6.45, 7) is -0.00177. The molecule has 2 aromatic rings. The smallest absolute Gasteiger partial charge is 0.243 e. The average Bonchev–Trinajstić information content (AvgIpc) is 3.12. The second-order valence-corrected chi connectivity index (χ2v) is 11.4. The number of sulfonamides is 2. The number of rotatable bonds is 5. The summed E-state index contributed by atoms with van der Waals surface area (Å²) in [7, 11) is -6.13. The van der Waals surface area contributed by atoms with Gasteiger partial charge in [-0.05, 0) is 35.9 Å². The molecule has 2 fully saturated rings. The van der Waals surface area contributed by atoms with E-state index >= 15 is 0 Å². The Balaban J connectivity index is 1.63. The molecule has 8 nitrogen and oxygen atoms in total. The Morgan fingerprint density at radius 1 is 1.16 bits per heavy atom. The molecular weight excluding hydrogens is 447 g/mol. The minimum atomic E-state index is -4.00. The molecule has 4 rings (SSSR count). The lowest BCUT2D eigenvalue weighted by molar-refractivity contribution is 0.0480. The van der Waals surface area contributed by atoms with Gasteiger partial charge in [0.15, 0.2) is 0 Å². The monoisotopic (exact) mass is 470 g/mol. The van der Waals surface area contributed by atoms with Crippen LogP contribution in [0.2, 0.25) is 0 Å². The number of hydrogen-bond acceptors (Lipinski definition) is 6. The molecule has 2 aliphatic rings. The highest BCUT2D eigenvalue weighted by molar-refractivity contribution is 7.89. The maximum Gasteiger partial charge on any atom is 0.243 e. The standard InChI is InChI=1S/C20H23FN2O6S2/c1-28-17-7-5-15(6-8-17)12-23-19-13-22(14-20(19)29-9-10-30(23,24)25)31(26,27)18-4-2-3-16(21)11-18/h2-8,11,19-20H,9-10,12-14H2,1H3/t19-,20+/m1/s1. The van der Waals surface area contributed by atoms with Crippen LogP contribution in [0.15, 0.2) is 53.4 Å². The number of ether oxygens (including phenoxy) is 2. The molecule has 0 bridgehead atoms. The van der Waals surface area contributed by atoms with Crippen LogP contribution in [0.3, 0.4) is 0 Å². The van der Waals surface area contributed by atoms with Gasteiger partial charge in [-0.3, -0.25) is 0 Å². The molecule has 0 aromatic heterocycles. The average molecular weight is 471 g/mol. The van der Waals surface area contributed by atoms with E-state index in [4.69, 9.17) is 9.47 Å². The molecule has 2 heterocycles. The van der Waals surface area contributed by atoms with Crippen molar-refractivity contribution in [1.29, 1.82) is 0 Å². The number of methoxy groups -OCH3 is 1. The molecule has 2 atom stereocenters. The first-order valence-electron chi connectivity index (χ1n) is 9.70. The topological polar surface area (TPSA) is 93.2 Å². The fourth-order valence-electron chi connectivity index (χ4n) is 3.89. The van der Waals surface area contributed by atoms with Crippen LogP contribution < -0.4 is 4.74 Å². The molecule has 0 N–H and O–H groups in total. The van der Waals surface area contributed by atoms with Crippen molar-refractivity contribution < 1.29 is 30.7 Å². The van der Waals surface area contributed by atoms with Gasteiger partial charge in [0.2, 0.25) is 20.0 Å². The zero-order valence-corrected chi connectivity index (χ0v) is 18.5. The molecule has 2 aliphatic heterocycles. The van der Waals surface area contributed by atoms with E-state index in [-0.39, 0.29) is 36.9 Å². The summed E-state index contributed by atoms with van der Waals surface area (Å²) in [6, 6.07) is 11.1. The number of benzene rings is 2. The highest BCUT2D eigenvalue weighted by Crippen LogP contribution is 2.30. The van der Waals surface area contributed by atoms with Gasteiger partial charge in [-0.25, -0.2) is 21.2 Å². The molecule has 0 amide bonds. The van der Waals surface area contributed by atoms with Gasteiger partial charge >= 0.3 is 0 Å². The zero-order chi connectivity index (χ0) is 22.2. The Hall–Kier alpha value is -2.05. The molecule has 0 radical (unpaired) electrons. The maximum atomic E-state index is 13.6. The van der Waals surface area contributed by atoms with E-state index in [1.165, 1.54) is 26.8 Å². The molecule has 168 valence electrons. The van der Waals surface area contributed by atoms with Crippen LogP contribution in [0.1, 0.15) is 5.56 Å². The predicted octanol–water partition coefficient (Wildman–Crippen LogP) is 1.44. The highest BCUT2D eigenvalue weighted by atomic mass is 32.2. The van der Waals surface area contributed by atoms with E-state index in [9.17, 15) is 21.2 Å². The van der Waals surface area contributed by atoms with Crippen molar-refractivity contribution in [3.05, 3.63) is 59.9 Å². The van der Waals surface area contributed by atoms with E-state index in [1.54, 1.807) is 31.4 Å². The maximum absolute atomic E-state index is 13.6. The Morgan fingerprint density at radius 3 is 2.58 bits per heavy atom. The van der Waals surface area contributed by atoms with E-state index in [0.29, 0.717) is 5.75 Å². The first-order chi connectivity index (χ1) is 14.7. The molecule has 2 saturated heterocycles. The fourth-order valence-corrected chi connectivity index (χ4v) is 6.90. The summed E-state index contributed by atoms with van der Waals surface area (Å²) >= 11 is 0. The normalized spacial score (nSPS) is 24.5. The minimum absolute atomic E-state index is 0.00184. The van der Waals surface area contributed by atoms with Crippen LogP contribution in [0.25, 0.3) is 0 Å². The van der Waals surface area contributed by atoms with Gasteiger partial charge in [0, 0.05) is 19.6 Å². The van der Waals surface area contributed by atoms with Crippen LogP contribution in [-0.4, -0.2) is 70.2 Å². The second-order valence-electron chi connectivity index (χ2n) is 7.47. The predicted molar refractivity (Wildman–Crippen MR) is 111 cm³/mol. The highest BCUT2D eigenvalue weighted by Gasteiger charge is 2.47. The van der Waals surface area contributed by atoms with Gasteiger partial charge in [-0.2, -0.15) is 8.61 Å². The van der Waals surface area contributed by atoms with Gasteiger partial charge in [0.1, 0.15) is 11.6 Å². The summed E-state index contributed by atoms with van der Waals surface area (Å²) in [5, 5.41) is 0. The number of hydrogen-bond donors (Lipinski definition) is 0. The molecule has 0 aliphatic carbocycles. The molecule has 11 heteroatoms. The van der Waals surface area contributed by atoms with Gasteiger partial charge in [0.25, 0.3) is 0 Å². The summed E-state index contributed by atoms with van der Waals surface area (Å²) in [5.74, 6) is -0.182. The van der Waals surface area contributed by atoms with Gasteiger partial charge in [0.05, 0.1) is 36.5 Å². The Morgan fingerprint density at radius 2 is 1.90 bits per heavy atom. The van der Waals surface area contributed by atoms with E-state index in [1.807, 2.05) is 0 Å². The summed E-state index contributed by atoms with van der Waals surface area (Å²) in [5.41, 5.74) is 0.747. The number of nitrogens with zero attached hydrogens (tertiary/aromatic N) is 2. The van der Waals surface area contributed by atoms with Crippen LogP contribution in [0, 0.1) is 5.82 Å². The van der Waals surface area contributed by atoms with Gasteiger partial charge in [-0.1, -0.05) is 18.2 Å². The zero-order valence-electron chi connectivity index (χ0n) is 16.8. The first kappa shape index (κ1) is 22.2. The lowest BCUT2D eigenvalue weighted by Gasteiger charge is -2.28. The van der Waals surface area contributed by atoms with Crippen molar-refractivity contribution in [2.24, 2.45) is 0 Å². The third kappa shape index (κ3) is 4.46. The van der Waals surface area contributed by atoms with Crippen molar-refractivity contribution in [2.45, 2.75) is 23.6 Å². The fraction of sp³-hybridized carbons (Fsp3) is 0.400. The Kier molecular flexibility index (Phi) is 6.05. The van der Waals surface area contributed by atoms with E-state index in [0.717, 1.165) is 11.6 Å². The van der Waals surface area contributed by atoms with Crippen LogP contribution in [-0.2, 0) is 31.3 Å². The van der Waals surface area contributed by atoms with Crippen molar-refractivity contribution in [3.8, 4) is 5.75 Å². The first-order valence-corrected chi connectivity index (χ1v) is 12.8. The minimum Gasteiger partial charge on any atom is -0.497 e. The van der Waals surface area contributed by atoms with E-state index in [2.05, 4.69) is 0 Å². The molecule has 0 unspecified atom stereocenters. The molecular formula is C20H23FN2O6S2. The largest absolute Gasteiger partial charge is 0.497 e. The lowest BCUT2D eigenvalue weighted by Crippen LogP contribution is -2.45. The molecule has 0 spiro atoms. The van der Waals surface area contributed by atoms with Crippen molar-refractivity contribution in [3.63, 3.8) is 0 Å². The van der Waals surface area contributed by atoms with Crippen molar-refractivity contribution >= 4 is 20.0 Å². The third-order valence-electron chi connectivity index (χ3n) is 5.54. The molecule has 2 aromatic carbocycles. The van der Waals surface area contributed by atoms with Crippen LogP contribution >= 0.6 is 0 Å². The SMILES string of the molecule is COc1ccc(CN2[C@@H]3CN(S(=O)(=O)c4cccc(F)c4)C[C@@H]3OCCS2(=O)=O)cc1. The second kappa shape index (κ2) is 8.47. The Labute approximate surface area is 181 Å². The van der Waals surface area contributed by atoms with Gasteiger partial charge in [-0.15, -0.1) is 0 Å².